The van der Waals surface area contributed by atoms with E-state index >= 15 is 0 Å². The van der Waals surface area contributed by atoms with E-state index in [-0.39, 0.29) is 16.9 Å². The fourth-order valence-electron chi connectivity index (χ4n) is 1.56. The Kier molecular flexibility index (Phi) is 4.85. The van der Waals surface area contributed by atoms with Crippen molar-refractivity contribution in [1.82, 2.24) is 0 Å². The number of aromatic hydroxyl groups is 1. The van der Waals surface area contributed by atoms with Crippen molar-refractivity contribution >= 4 is 11.9 Å². The van der Waals surface area contributed by atoms with E-state index in [1.165, 1.54) is 19.2 Å². The first-order valence-electron chi connectivity index (χ1n) is 5.42. The van der Waals surface area contributed by atoms with Gasteiger partial charge in [-0.25, -0.2) is 4.79 Å². The van der Waals surface area contributed by atoms with Gasteiger partial charge in [-0.2, -0.15) is 0 Å². The van der Waals surface area contributed by atoms with E-state index in [0.29, 0.717) is 0 Å². The molecule has 0 radical (unpaired) electrons. The van der Waals surface area contributed by atoms with Crippen LogP contribution in [0.4, 0.5) is 0 Å². The maximum atomic E-state index is 11.2. The van der Waals surface area contributed by atoms with E-state index < -0.39 is 30.5 Å². The molecule has 0 spiro atoms. The van der Waals surface area contributed by atoms with Crippen molar-refractivity contribution in [2.45, 2.75) is 18.6 Å². The minimum Gasteiger partial charge on any atom is -0.508 e. The van der Waals surface area contributed by atoms with Crippen molar-refractivity contribution in [3.05, 3.63) is 29.3 Å². The van der Waals surface area contributed by atoms with Gasteiger partial charge in [-0.3, -0.25) is 4.79 Å². The van der Waals surface area contributed by atoms with Crippen molar-refractivity contribution in [1.29, 1.82) is 0 Å². The van der Waals surface area contributed by atoms with E-state index in [2.05, 4.69) is 4.74 Å². The van der Waals surface area contributed by atoms with Crippen LogP contribution >= 0.6 is 0 Å². The topological polar surface area (TPSA) is 130 Å². The number of rotatable bonds is 5. The van der Waals surface area contributed by atoms with Crippen LogP contribution in [-0.4, -0.2) is 40.4 Å². The molecule has 104 valence electrons. The minimum absolute atomic E-state index is 0.0126. The van der Waals surface area contributed by atoms with Gasteiger partial charge in [-0.1, -0.05) is 6.07 Å². The predicted molar refractivity (Wildman–Crippen MR) is 64.2 cm³/mol. The molecule has 0 fully saturated rings. The second-order valence-corrected chi connectivity index (χ2v) is 3.95. The smallest absolute Gasteiger partial charge is 0.337 e. The molecular formula is C12H15NO6. The number of hydrogen-bond donors (Lipinski definition) is 4. The summed E-state index contributed by atoms with van der Waals surface area (Å²) in [6.45, 7) is 0. The third kappa shape index (κ3) is 3.67. The molecule has 1 rings (SSSR count). The summed E-state index contributed by atoms with van der Waals surface area (Å²) in [5.41, 5.74) is 4.98. The number of aliphatic hydroxyl groups is 2. The number of ether oxygens (including phenoxy) is 1. The second kappa shape index (κ2) is 6.17. The third-order valence-corrected chi connectivity index (χ3v) is 2.54. The predicted octanol–water partition coefficient (Wildman–Crippen LogP) is -0.552. The molecular weight excluding hydrogens is 254 g/mol. The molecule has 19 heavy (non-hydrogen) atoms. The summed E-state index contributed by atoms with van der Waals surface area (Å²) in [5.74, 6) is -1.81. The highest BCUT2D eigenvalue weighted by Crippen LogP contribution is 2.28. The Morgan fingerprint density at radius 1 is 1.37 bits per heavy atom. The average Bonchev–Trinajstić information content (AvgIpc) is 2.36. The molecule has 0 aromatic heterocycles. The van der Waals surface area contributed by atoms with Gasteiger partial charge < -0.3 is 25.8 Å². The summed E-state index contributed by atoms with van der Waals surface area (Å²) in [6.07, 6.45) is -3.37. The maximum Gasteiger partial charge on any atom is 0.337 e. The summed E-state index contributed by atoms with van der Waals surface area (Å²) >= 11 is 0. The van der Waals surface area contributed by atoms with Gasteiger partial charge in [0.05, 0.1) is 25.2 Å². The number of aliphatic hydroxyl groups excluding tert-OH is 2. The highest BCUT2D eigenvalue weighted by atomic mass is 16.5. The molecule has 7 nitrogen and oxygen atoms in total. The zero-order valence-corrected chi connectivity index (χ0v) is 10.2. The number of nitrogens with two attached hydrogens (primary N) is 1. The summed E-state index contributed by atoms with van der Waals surface area (Å²) in [7, 11) is 1.19. The number of esters is 1. The molecule has 0 aliphatic carbocycles. The van der Waals surface area contributed by atoms with Crippen LogP contribution in [0.15, 0.2) is 18.2 Å². The fourth-order valence-corrected chi connectivity index (χ4v) is 1.56. The minimum atomic E-state index is -1.49. The third-order valence-electron chi connectivity index (χ3n) is 2.54. The van der Waals surface area contributed by atoms with Crippen LogP contribution in [0.1, 0.15) is 28.4 Å². The number of methoxy groups -OCH3 is 1. The van der Waals surface area contributed by atoms with E-state index in [4.69, 9.17) is 5.73 Å². The van der Waals surface area contributed by atoms with Crippen LogP contribution in [0.5, 0.6) is 5.75 Å². The lowest BCUT2D eigenvalue weighted by Crippen LogP contribution is -2.25. The molecule has 0 bridgehead atoms. The standard InChI is InChI=1S/C12H15NO6/c1-19-12(18)6-2-3-7(8(14)4-6)11(17)9(15)5-10(13)16/h2-4,9,11,14-15,17H,5H2,1H3,(H2,13,16). The Hall–Kier alpha value is -2.12. The Bertz CT molecular complexity index is 487. The second-order valence-electron chi connectivity index (χ2n) is 3.95. The highest BCUT2D eigenvalue weighted by molar-refractivity contribution is 5.89. The molecule has 1 aromatic carbocycles. The number of amides is 1. The molecule has 1 aromatic rings. The van der Waals surface area contributed by atoms with Crippen LogP contribution in [0.2, 0.25) is 0 Å². The van der Waals surface area contributed by atoms with Gasteiger partial charge in [-0.05, 0) is 12.1 Å². The molecule has 2 unspecified atom stereocenters. The zero-order chi connectivity index (χ0) is 14.6. The van der Waals surface area contributed by atoms with Crippen molar-refractivity contribution in [2.24, 2.45) is 5.73 Å². The number of primary amides is 1. The molecule has 5 N–H and O–H groups in total. The first kappa shape index (κ1) is 14.9. The van der Waals surface area contributed by atoms with Crippen LogP contribution in [-0.2, 0) is 9.53 Å². The lowest BCUT2D eigenvalue weighted by atomic mass is 9.99. The Balaban J connectivity index is 2.95. The fraction of sp³-hybridized carbons (Fsp3) is 0.333. The van der Waals surface area contributed by atoms with Crippen LogP contribution < -0.4 is 5.73 Å². The van der Waals surface area contributed by atoms with E-state index in [1.807, 2.05) is 0 Å². The lowest BCUT2D eigenvalue weighted by molar-refractivity contribution is -0.121. The summed E-state index contributed by atoms with van der Waals surface area (Å²) < 4.78 is 4.47. The number of phenols is 1. The summed E-state index contributed by atoms with van der Waals surface area (Å²) in [4.78, 5) is 21.9. The summed E-state index contributed by atoms with van der Waals surface area (Å²) in [5, 5.41) is 29.0. The first-order valence-corrected chi connectivity index (χ1v) is 5.42. The van der Waals surface area contributed by atoms with E-state index in [0.717, 1.165) is 6.07 Å². The van der Waals surface area contributed by atoms with Gasteiger partial charge >= 0.3 is 5.97 Å². The first-order chi connectivity index (χ1) is 8.86. The number of hydrogen-bond acceptors (Lipinski definition) is 6. The van der Waals surface area contributed by atoms with Crippen molar-refractivity contribution in [2.75, 3.05) is 7.11 Å². The molecule has 0 saturated carbocycles. The van der Waals surface area contributed by atoms with E-state index in [9.17, 15) is 24.9 Å². The van der Waals surface area contributed by atoms with Crippen molar-refractivity contribution < 1.29 is 29.6 Å². The van der Waals surface area contributed by atoms with Crippen molar-refractivity contribution in [3.8, 4) is 5.75 Å². The van der Waals surface area contributed by atoms with Crippen LogP contribution in [0.3, 0.4) is 0 Å². The summed E-state index contributed by atoms with van der Waals surface area (Å²) in [6, 6.07) is 3.68. The quantitative estimate of drug-likeness (QED) is 0.530. The lowest BCUT2D eigenvalue weighted by Gasteiger charge is -2.18. The molecule has 7 heteroatoms. The molecule has 0 aliphatic heterocycles. The van der Waals surface area contributed by atoms with Gasteiger partial charge in [0.2, 0.25) is 5.91 Å². The number of benzene rings is 1. The maximum absolute atomic E-state index is 11.2. The molecule has 2 atom stereocenters. The number of carbonyl (C=O) groups is 2. The van der Waals surface area contributed by atoms with Gasteiger partial charge in [0.15, 0.2) is 0 Å². The van der Waals surface area contributed by atoms with Gasteiger partial charge in [0.25, 0.3) is 0 Å². The van der Waals surface area contributed by atoms with Gasteiger partial charge in [0.1, 0.15) is 11.9 Å². The van der Waals surface area contributed by atoms with E-state index in [1.54, 1.807) is 0 Å². The molecule has 0 aliphatic rings. The largest absolute Gasteiger partial charge is 0.508 e. The monoisotopic (exact) mass is 269 g/mol. The number of phenolic OH excluding ortho intramolecular Hbond substituents is 1. The normalized spacial score (nSPS) is 13.6. The Morgan fingerprint density at radius 3 is 2.47 bits per heavy atom. The van der Waals surface area contributed by atoms with Crippen molar-refractivity contribution in [3.63, 3.8) is 0 Å². The number of carbonyl (C=O) groups excluding carboxylic acids is 2. The average molecular weight is 269 g/mol. The van der Waals surface area contributed by atoms with Gasteiger partial charge in [-0.15, -0.1) is 0 Å². The van der Waals surface area contributed by atoms with Gasteiger partial charge in [0, 0.05) is 5.56 Å². The van der Waals surface area contributed by atoms with Crippen LogP contribution in [0, 0.1) is 0 Å². The Morgan fingerprint density at radius 2 is 2.00 bits per heavy atom. The zero-order valence-electron chi connectivity index (χ0n) is 10.2. The molecule has 0 heterocycles. The highest BCUT2D eigenvalue weighted by Gasteiger charge is 2.23. The van der Waals surface area contributed by atoms with Crippen LogP contribution in [0.25, 0.3) is 0 Å². The SMILES string of the molecule is COC(=O)c1ccc(C(O)C(O)CC(N)=O)c(O)c1. The molecule has 0 saturated heterocycles. The molecule has 1 amide bonds. The Labute approximate surface area is 109 Å².